The van der Waals surface area contributed by atoms with E-state index >= 15 is 0 Å². The van der Waals surface area contributed by atoms with Gasteiger partial charge < -0.3 is 5.11 Å². The molecule has 5 nitrogen and oxygen atoms in total. The van der Waals surface area contributed by atoms with Crippen LogP contribution in [0.4, 0.5) is 0 Å². The molecule has 0 aliphatic heterocycles. The summed E-state index contributed by atoms with van der Waals surface area (Å²) < 4.78 is 0. The van der Waals surface area contributed by atoms with Gasteiger partial charge in [-0.2, -0.15) is 0 Å². The Morgan fingerprint density at radius 2 is 1.59 bits per heavy atom. The minimum absolute atomic E-state index is 0.118. The lowest BCUT2D eigenvalue weighted by atomic mass is 9.82. The number of carbonyl (C=O) groups excluding carboxylic acids is 1. The summed E-state index contributed by atoms with van der Waals surface area (Å²) in [5, 5.41) is 8.85. The number of carboxylic acid groups (broad SMARTS) is 1. The number of nitrogens with one attached hydrogen (secondary N) is 1. The fraction of sp³-hybridized carbons (Fsp3) is 0.833. The van der Waals surface area contributed by atoms with Crippen LogP contribution in [0.2, 0.25) is 0 Å². The molecule has 1 rings (SSSR count). The summed E-state index contributed by atoms with van der Waals surface area (Å²) in [5.74, 6) is -1.30. The van der Waals surface area contributed by atoms with Crippen molar-refractivity contribution in [3.63, 3.8) is 0 Å². The van der Waals surface area contributed by atoms with Crippen molar-refractivity contribution in [2.24, 2.45) is 11.8 Å². The van der Waals surface area contributed by atoms with Crippen molar-refractivity contribution in [3.05, 3.63) is 0 Å². The molecule has 1 aliphatic carbocycles. The lowest BCUT2D eigenvalue weighted by Crippen LogP contribution is -2.38. The first kappa shape index (κ1) is 14.0. The van der Waals surface area contributed by atoms with Gasteiger partial charge in [-0.25, -0.2) is 5.48 Å². The Morgan fingerprint density at radius 1 is 1.12 bits per heavy atom. The van der Waals surface area contributed by atoms with Gasteiger partial charge in [-0.3, -0.25) is 14.4 Å². The summed E-state index contributed by atoms with van der Waals surface area (Å²) in [4.78, 5) is 27.7. The number of aliphatic carboxylic acids is 1. The highest BCUT2D eigenvalue weighted by atomic mass is 16.7. The van der Waals surface area contributed by atoms with Gasteiger partial charge in [-0.15, -0.1) is 0 Å². The molecule has 0 unspecified atom stereocenters. The van der Waals surface area contributed by atoms with Crippen LogP contribution in [0.15, 0.2) is 0 Å². The molecule has 1 aliphatic rings. The van der Waals surface area contributed by atoms with E-state index in [0.717, 1.165) is 0 Å². The van der Waals surface area contributed by atoms with E-state index < -0.39 is 11.6 Å². The summed E-state index contributed by atoms with van der Waals surface area (Å²) in [6.07, 6.45) is 2.39. The molecule has 0 radical (unpaired) electrons. The molecule has 98 valence electrons. The van der Waals surface area contributed by atoms with E-state index in [1.54, 1.807) is 0 Å². The number of hydroxylamine groups is 1. The maximum Gasteiger partial charge on any atom is 0.306 e. The van der Waals surface area contributed by atoms with E-state index in [1.807, 2.05) is 20.8 Å². The Bertz CT molecular complexity index is 287. The van der Waals surface area contributed by atoms with Crippen molar-refractivity contribution in [1.29, 1.82) is 0 Å². The third-order valence-electron chi connectivity index (χ3n) is 2.91. The maximum atomic E-state index is 11.7. The van der Waals surface area contributed by atoms with Gasteiger partial charge in [0.1, 0.15) is 0 Å². The van der Waals surface area contributed by atoms with Crippen LogP contribution in [0.25, 0.3) is 0 Å². The average molecular weight is 243 g/mol. The largest absolute Gasteiger partial charge is 0.481 e. The van der Waals surface area contributed by atoms with Crippen molar-refractivity contribution >= 4 is 11.9 Å². The van der Waals surface area contributed by atoms with Crippen LogP contribution in [-0.2, 0) is 14.4 Å². The lowest BCUT2D eigenvalue weighted by molar-refractivity contribution is -0.152. The number of hydrogen-bond donors (Lipinski definition) is 2. The fourth-order valence-corrected chi connectivity index (χ4v) is 1.89. The zero-order chi connectivity index (χ0) is 13.1. The number of amides is 1. The van der Waals surface area contributed by atoms with Gasteiger partial charge in [0.05, 0.1) is 11.5 Å². The second kappa shape index (κ2) is 5.49. The third-order valence-corrected chi connectivity index (χ3v) is 2.91. The molecule has 17 heavy (non-hydrogen) atoms. The molecule has 0 aromatic heterocycles. The van der Waals surface area contributed by atoms with Crippen molar-refractivity contribution in [2.75, 3.05) is 0 Å². The minimum atomic E-state index is -0.755. The second-order valence-electron chi connectivity index (χ2n) is 5.57. The normalized spacial score (nSPS) is 25.4. The molecule has 1 saturated carbocycles. The van der Waals surface area contributed by atoms with Crippen LogP contribution < -0.4 is 5.48 Å². The molecule has 0 atom stereocenters. The van der Waals surface area contributed by atoms with Gasteiger partial charge in [0.15, 0.2) is 0 Å². The highest BCUT2D eigenvalue weighted by Crippen LogP contribution is 2.29. The Balaban J connectivity index is 2.33. The first-order chi connectivity index (χ1) is 7.79. The second-order valence-corrected chi connectivity index (χ2v) is 5.57. The minimum Gasteiger partial charge on any atom is -0.481 e. The molecule has 0 aromatic rings. The predicted molar refractivity (Wildman–Crippen MR) is 62.1 cm³/mol. The first-order valence-corrected chi connectivity index (χ1v) is 6.00. The fourth-order valence-electron chi connectivity index (χ4n) is 1.89. The van der Waals surface area contributed by atoms with Crippen LogP contribution in [-0.4, -0.2) is 22.6 Å². The van der Waals surface area contributed by atoms with E-state index in [0.29, 0.717) is 25.7 Å². The van der Waals surface area contributed by atoms with Crippen LogP contribution in [0.1, 0.15) is 46.5 Å². The van der Waals surface area contributed by atoms with E-state index in [9.17, 15) is 9.59 Å². The zero-order valence-electron chi connectivity index (χ0n) is 10.7. The van der Waals surface area contributed by atoms with Gasteiger partial charge in [-0.05, 0) is 46.5 Å². The Morgan fingerprint density at radius 3 is 2.00 bits per heavy atom. The molecule has 0 saturated heterocycles. The SMILES string of the molecule is CC(C)(C)ONC(=O)C1CCC(C(=O)O)CC1. The summed E-state index contributed by atoms with van der Waals surface area (Å²) in [6.45, 7) is 5.57. The van der Waals surface area contributed by atoms with Gasteiger partial charge in [0.2, 0.25) is 5.91 Å². The first-order valence-electron chi connectivity index (χ1n) is 6.00. The molecule has 2 N–H and O–H groups in total. The lowest BCUT2D eigenvalue weighted by Gasteiger charge is -2.26. The predicted octanol–water partition coefficient (Wildman–Crippen LogP) is 1.72. The third kappa shape index (κ3) is 4.73. The molecule has 1 amide bonds. The number of hydrogen-bond acceptors (Lipinski definition) is 3. The van der Waals surface area contributed by atoms with Crippen LogP contribution in [0, 0.1) is 11.8 Å². The van der Waals surface area contributed by atoms with Gasteiger partial charge in [0.25, 0.3) is 0 Å². The van der Waals surface area contributed by atoms with Crippen molar-refractivity contribution in [3.8, 4) is 0 Å². The highest BCUT2D eigenvalue weighted by Gasteiger charge is 2.30. The van der Waals surface area contributed by atoms with Crippen LogP contribution in [0.5, 0.6) is 0 Å². The van der Waals surface area contributed by atoms with Crippen LogP contribution in [0.3, 0.4) is 0 Å². The van der Waals surface area contributed by atoms with Crippen LogP contribution >= 0.6 is 0 Å². The van der Waals surface area contributed by atoms with E-state index in [4.69, 9.17) is 9.94 Å². The summed E-state index contributed by atoms with van der Waals surface area (Å²) in [6, 6.07) is 0. The number of carboxylic acids is 1. The van der Waals surface area contributed by atoms with E-state index in [2.05, 4.69) is 5.48 Å². The summed E-state index contributed by atoms with van der Waals surface area (Å²) in [7, 11) is 0. The molecule has 0 spiro atoms. The average Bonchev–Trinajstić information content (AvgIpc) is 2.25. The zero-order valence-corrected chi connectivity index (χ0v) is 10.7. The van der Waals surface area contributed by atoms with Crippen molar-refractivity contribution in [1.82, 2.24) is 5.48 Å². The van der Waals surface area contributed by atoms with Crippen molar-refractivity contribution < 1.29 is 19.5 Å². The smallest absolute Gasteiger partial charge is 0.306 e. The summed E-state index contributed by atoms with van der Waals surface area (Å²) >= 11 is 0. The number of rotatable bonds is 3. The monoisotopic (exact) mass is 243 g/mol. The number of carbonyl (C=O) groups is 2. The topological polar surface area (TPSA) is 75.6 Å². The molecular weight excluding hydrogens is 222 g/mol. The van der Waals surface area contributed by atoms with E-state index in [1.165, 1.54) is 0 Å². The van der Waals surface area contributed by atoms with Gasteiger partial charge in [0, 0.05) is 5.92 Å². The molecular formula is C12H21NO4. The Hall–Kier alpha value is -1.10. The summed E-state index contributed by atoms with van der Waals surface area (Å²) in [5.41, 5.74) is 2.04. The van der Waals surface area contributed by atoms with Crippen molar-refractivity contribution in [2.45, 2.75) is 52.1 Å². The standard InChI is InChI=1S/C12H21NO4/c1-12(2,3)17-13-10(14)8-4-6-9(7-5-8)11(15)16/h8-9H,4-7H2,1-3H3,(H,13,14)(H,15,16). The Labute approximate surface area is 101 Å². The molecule has 0 aromatic carbocycles. The molecule has 0 heterocycles. The van der Waals surface area contributed by atoms with E-state index in [-0.39, 0.29) is 17.7 Å². The quantitative estimate of drug-likeness (QED) is 0.740. The molecule has 1 fully saturated rings. The maximum absolute atomic E-state index is 11.7. The van der Waals surface area contributed by atoms with Gasteiger partial charge >= 0.3 is 5.97 Å². The molecule has 0 bridgehead atoms. The molecule has 5 heteroatoms. The van der Waals surface area contributed by atoms with Gasteiger partial charge in [-0.1, -0.05) is 0 Å². The Kier molecular flexibility index (Phi) is 4.51. The highest BCUT2D eigenvalue weighted by molar-refractivity contribution is 5.78.